The van der Waals surface area contributed by atoms with E-state index in [0.717, 1.165) is 0 Å². The van der Waals surface area contributed by atoms with E-state index in [2.05, 4.69) is 15.4 Å². The lowest BCUT2D eigenvalue weighted by atomic mass is 10.0. The SMILES string of the molecule is CC(C)[C@H](NC(=O)OC(C)(C)C)C(=O)NCCC(=O)OCCl. The average molecular weight is 337 g/mol. The second-order valence-corrected chi connectivity index (χ2v) is 6.25. The molecular formula is C14H25ClN2O5. The second kappa shape index (κ2) is 9.50. The first-order valence-electron chi connectivity index (χ1n) is 7.05. The summed E-state index contributed by atoms with van der Waals surface area (Å²) in [7, 11) is 0. The first kappa shape index (κ1) is 20.5. The first-order valence-corrected chi connectivity index (χ1v) is 7.59. The Kier molecular flexibility index (Phi) is 8.86. The van der Waals surface area contributed by atoms with Crippen molar-refractivity contribution in [3.8, 4) is 0 Å². The normalized spacial score (nSPS) is 12.5. The molecule has 0 unspecified atom stereocenters. The largest absolute Gasteiger partial charge is 0.449 e. The molecule has 1 atom stereocenters. The Hall–Kier alpha value is -1.50. The minimum Gasteiger partial charge on any atom is -0.449 e. The highest BCUT2D eigenvalue weighted by Crippen LogP contribution is 2.08. The van der Waals surface area contributed by atoms with Crippen LogP contribution in [0.3, 0.4) is 0 Å². The zero-order chi connectivity index (χ0) is 17.3. The van der Waals surface area contributed by atoms with E-state index in [9.17, 15) is 14.4 Å². The number of hydrogen-bond acceptors (Lipinski definition) is 5. The van der Waals surface area contributed by atoms with Crippen LogP contribution < -0.4 is 10.6 Å². The Morgan fingerprint density at radius 1 is 1.18 bits per heavy atom. The minimum absolute atomic E-state index is 0.00964. The molecule has 128 valence electrons. The zero-order valence-electron chi connectivity index (χ0n) is 13.7. The molecule has 0 aromatic heterocycles. The number of alkyl halides is 1. The van der Waals surface area contributed by atoms with Crippen molar-refractivity contribution in [2.24, 2.45) is 5.92 Å². The lowest BCUT2D eigenvalue weighted by molar-refractivity contribution is -0.141. The number of esters is 1. The Bertz CT molecular complexity index is 393. The van der Waals surface area contributed by atoms with Gasteiger partial charge in [-0.15, -0.1) is 0 Å². The third kappa shape index (κ3) is 9.44. The van der Waals surface area contributed by atoms with Crippen molar-refractivity contribution < 1.29 is 23.9 Å². The molecule has 0 aromatic carbocycles. The quantitative estimate of drug-likeness (QED) is 0.546. The van der Waals surface area contributed by atoms with E-state index in [1.54, 1.807) is 34.6 Å². The Morgan fingerprint density at radius 2 is 1.77 bits per heavy atom. The summed E-state index contributed by atoms with van der Waals surface area (Å²) in [6.07, 6.45) is -0.654. The van der Waals surface area contributed by atoms with Gasteiger partial charge in [0.2, 0.25) is 5.91 Å². The van der Waals surface area contributed by atoms with Gasteiger partial charge in [-0.3, -0.25) is 9.59 Å². The van der Waals surface area contributed by atoms with E-state index in [1.807, 2.05) is 0 Å². The summed E-state index contributed by atoms with van der Waals surface area (Å²) in [4.78, 5) is 34.9. The summed E-state index contributed by atoms with van der Waals surface area (Å²) < 4.78 is 9.66. The molecule has 0 spiro atoms. The van der Waals surface area contributed by atoms with Gasteiger partial charge in [0, 0.05) is 6.54 Å². The van der Waals surface area contributed by atoms with E-state index in [-0.39, 0.29) is 30.9 Å². The first-order chi connectivity index (χ1) is 10.1. The van der Waals surface area contributed by atoms with Gasteiger partial charge in [0.05, 0.1) is 6.42 Å². The van der Waals surface area contributed by atoms with Gasteiger partial charge in [-0.05, 0) is 26.7 Å². The molecule has 0 radical (unpaired) electrons. The number of carbonyl (C=O) groups excluding carboxylic acids is 3. The molecule has 2 N–H and O–H groups in total. The molecule has 2 amide bonds. The van der Waals surface area contributed by atoms with Gasteiger partial charge in [0.15, 0.2) is 6.07 Å². The number of rotatable bonds is 7. The Balaban J connectivity index is 4.40. The molecule has 7 nitrogen and oxygen atoms in total. The standard InChI is InChI=1S/C14H25ClN2O5/c1-9(2)11(17-13(20)22-14(3,4)5)12(19)16-7-6-10(18)21-8-15/h9,11H,6-8H2,1-5H3,(H,16,19)(H,17,20)/t11-/m0/s1. The van der Waals surface area contributed by atoms with Crippen LogP contribution in [0.2, 0.25) is 0 Å². The highest BCUT2D eigenvalue weighted by molar-refractivity contribution is 6.17. The molecule has 0 rings (SSSR count). The fourth-order valence-electron chi connectivity index (χ4n) is 1.50. The van der Waals surface area contributed by atoms with E-state index in [0.29, 0.717) is 0 Å². The number of halogens is 1. The van der Waals surface area contributed by atoms with Crippen molar-refractivity contribution in [2.45, 2.75) is 52.7 Å². The minimum atomic E-state index is -0.751. The van der Waals surface area contributed by atoms with Crippen LogP contribution in [0.25, 0.3) is 0 Å². The molecule has 22 heavy (non-hydrogen) atoms. The third-order valence-electron chi connectivity index (χ3n) is 2.47. The van der Waals surface area contributed by atoms with Crippen LogP contribution in [-0.2, 0) is 19.1 Å². The monoisotopic (exact) mass is 336 g/mol. The molecule has 0 saturated heterocycles. The van der Waals surface area contributed by atoms with Crippen LogP contribution in [-0.4, -0.2) is 42.2 Å². The number of amides is 2. The predicted molar refractivity (Wildman–Crippen MR) is 82.4 cm³/mol. The zero-order valence-corrected chi connectivity index (χ0v) is 14.5. The molecule has 0 fully saturated rings. The van der Waals surface area contributed by atoms with E-state index >= 15 is 0 Å². The Labute approximate surface area is 136 Å². The van der Waals surface area contributed by atoms with Crippen LogP contribution in [0.1, 0.15) is 41.0 Å². The van der Waals surface area contributed by atoms with Gasteiger partial charge in [-0.1, -0.05) is 25.4 Å². The number of alkyl carbamates (subject to hydrolysis) is 1. The van der Waals surface area contributed by atoms with Crippen molar-refractivity contribution in [3.05, 3.63) is 0 Å². The molecule has 0 bridgehead atoms. The van der Waals surface area contributed by atoms with Gasteiger partial charge in [-0.25, -0.2) is 4.79 Å². The van der Waals surface area contributed by atoms with Crippen LogP contribution in [0.15, 0.2) is 0 Å². The van der Waals surface area contributed by atoms with Crippen molar-refractivity contribution in [3.63, 3.8) is 0 Å². The molecular weight excluding hydrogens is 312 g/mol. The van der Waals surface area contributed by atoms with Crippen molar-refractivity contribution in [2.75, 3.05) is 12.6 Å². The molecule has 0 heterocycles. The lowest BCUT2D eigenvalue weighted by Crippen LogP contribution is -2.51. The highest BCUT2D eigenvalue weighted by Gasteiger charge is 2.26. The summed E-state index contributed by atoms with van der Waals surface area (Å²) in [6.45, 7) is 8.90. The van der Waals surface area contributed by atoms with Crippen LogP contribution >= 0.6 is 11.6 Å². The Morgan fingerprint density at radius 3 is 2.23 bits per heavy atom. The van der Waals surface area contributed by atoms with Gasteiger partial charge in [0.1, 0.15) is 11.6 Å². The van der Waals surface area contributed by atoms with Gasteiger partial charge in [0.25, 0.3) is 0 Å². The van der Waals surface area contributed by atoms with Crippen molar-refractivity contribution in [1.82, 2.24) is 10.6 Å². The van der Waals surface area contributed by atoms with E-state index in [1.165, 1.54) is 0 Å². The third-order valence-corrected chi connectivity index (χ3v) is 2.57. The maximum Gasteiger partial charge on any atom is 0.408 e. The van der Waals surface area contributed by atoms with Crippen LogP contribution in [0.4, 0.5) is 4.79 Å². The molecule has 0 aromatic rings. The van der Waals surface area contributed by atoms with Crippen molar-refractivity contribution >= 4 is 29.6 Å². The second-order valence-electron chi connectivity index (χ2n) is 6.03. The van der Waals surface area contributed by atoms with Gasteiger partial charge in [-0.2, -0.15) is 0 Å². The van der Waals surface area contributed by atoms with Crippen molar-refractivity contribution in [1.29, 1.82) is 0 Å². The average Bonchev–Trinajstić information content (AvgIpc) is 2.33. The molecule has 0 aliphatic heterocycles. The molecule has 0 aliphatic rings. The topological polar surface area (TPSA) is 93.7 Å². The molecule has 0 aliphatic carbocycles. The highest BCUT2D eigenvalue weighted by atomic mass is 35.5. The summed E-state index contributed by atoms with van der Waals surface area (Å²) in [5, 5.41) is 5.09. The fourth-order valence-corrected chi connectivity index (χ4v) is 1.62. The van der Waals surface area contributed by atoms with E-state index in [4.69, 9.17) is 16.3 Å². The van der Waals surface area contributed by atoms with E-state index < -0.39 is 23.7 Å². The summed E-state index contributed by atoms with van der Waals surface area (Å²) in [6, 6.07) is -0.972. The predicted octanol–water partition coefficient (Wildman–Crippen LogP) is 1.78. The molecule has 0 saturated carbocycles. The van der Waals surface area contributed by atoms with Gasteiger partial charge >= 0.3 is 12.1 Å². The number of hydrogen-bond donors (Lipinski definition) is 2. The summed E-state index contributed by atoms with van der Waals surface area (Å²) in [5.41, 5.74) is -0.645. The smallest absolute Gasteiger partial charge is 0.408 e. The fraction of sp³-hybridized carbons (Fsp3) is 0.786. The van der Waals surface area contributed by atoms with Crippen LogP contribution in [0.5, 0.6) is 0 Å². The molecule has 8 heteroatoms. The summed E-state index contributed by atoms with van der Waals surface area (Å²) in [5.74, 6) is -1.03. The summed E-state index contributed by atoms with van der Waals surface area (Å²) >= 11 is 5.25. The number of nitrogens with one attached hydrogen (secondary N) is 2. The van der Waals surface area contributed by atoms with Gasteiger partial charge < -0.3 is 20.1 Å². The number of ether oxygens (including phenoxy) is 2. The maximum absolute atomic E-state index is 12.1. The number of carbonyl (C=O) groups is 3. The lowest BCUT2D eigenvalue weighted by Gasteiger charge is -2.25. The maximum atomic E-state index is 12.1. The van der Waals surface area contributed by atoms with Crippen LogP contribution in [0, 0.1) is 5.92 Å².